The predicted octanol–water partition coefficient (Wildman–Crippen LogP) is 3.47. The van der Waals surface area contributed by atoms with Crippen LogP contribution in [-0.2, 0) is 6.42 Å². The SMILES string of the molecule is COc1cc(Cc2nc3c(C)cnc(OCC(F)(F)F)n3n2)ccc1-n1cnc(C)c1. The Balaban J connectivity index is 1.63. The molecular formula is C20H19F3N6O2. The van der Waals surface area contributed by atoms with Gasteiger partial charge in [-0.1, -0.05) is 6.07 Å². The molecule has 162 valence electrons. The molecule has 0 spiro atoms. The van der Waals surface area contributed by atoms with Crippen LogP contribution in [0.4, 0.5) is 13.2 Å². The third-order valence-electron chi connectivity index (χ3n) is 4.51. The van der Waals surface area contributed by atoms with Crippen LogP contribution in [0.2, 0.25) is 0 Å². The van der Waals surface area contributed by atoms with E-state index in [1.54, 1.807) is 20.4 Å². The van der Waals surface area contributed by atoms with E-state index in [2.05, 4.69) is 20.1 Å². The Morgan fingerprint density at radius 3 is 2.61 bits per heavy atom. The molecular weight excluding hydrogens is 413 g/mol. The van der Waals surface area contributed by atoms with Crippen LogP contribution >= 0.6 is 0 Å². The third-order valence-corrected chi connectivity index (χ3v) is 4.51. The highest BCUT2D eigenvalue weighted by atomic mass is 19.4. The Kier molecular flexibility index (Phi) is 5.25. The first-order valence-electron chi connectivity index (χ1n) is 9.32. The van der Waals surface area contributed by atoms with Gasteiger partial charge in [0.05, 0.1) is 24.8 Å². The Bertz CT molecular complexity index is 1230. The van der Waals surface area contributed by atoms with E-state index in [0.717, 1.165) is 16.9 Å². The van der Waals surface area contributed by atoms with Crippen molar-refractivity contribution in [1.82, 2.24) is 29.1 Å². The summed E-state index contributed by atoms with van der Waals surface area (Å²) < 4.78 is 50.9. The van der Waals surface area contributed by atoms with Gasteiger partial charge in [-0.05, 0) is 31.5 Å². The number of hydrogen-bond donors (Lipinski definition) is 0. The van der Waals surface area contributed by atoms with Gasteiger partial charge in [0.25, 0.3) is 0 Å². The van der Waals surface area contributed by atoms with E-state index in [9.17, 15) is 13.2 Å². The first-order valence-corrected chi connectivity index (χ1v) is 9.32. The summed E-state index contributed by atoms with van der Waals surface area (Å²) in [5.74, 6) is 1.06. The summed E-state index contributed by atoms with van der Waals surface area (Å²) in [6.45, 7) is 2.19. The smallest absolute Gasteiger partial charge is 0.422 e. The lowest BCUT2D eigenvalue weighted by Crippen LogP contribution is -2.21. The quantitative estimate of drug-likeness (QED) is 0.464. The van der Waals surface area contributed by atoms with E-state index in [4.69, 9.17) is 9.47 Å². The summed E-state index contributed by atoms with van der Waals surface area (Å²) in [5, 5.41) is 4.30. The van der Waals surface area contributed by atoms with Gasteiger partial charge in [0, 0.05) is 24.4 Å². The number of aryl methyl sites for hydroxylation is 2. The zero-order valence-electron chi connectivity index (χ0n) is 17.0. The van der Waals surface area contributed by atoms with Crippen LogP contribution in [0, 0.1) is 13.8 Å². The molecule has 1 aromatic carbocycles. The second-order valence-electron chi connectivity index (χ2n) is 7.00. The molecule has 0 atom stereocenters. The van der Waals surface area contributed by atoms with Gasteiger partial charge in [-0.3, -0.25) is 0 Å². The summed E-state index contributed by atoms with van der Waals surface area (Å²) in [6, 6.07) is 5.41. The molecule has 4 aromatic rings. The van der Waals surface area contributed by atoms with Crippen molar-refractivity contribution < 1.29 is 22.6 Å². The van der Waals surface area contributed by atoms with Crippen molar-refractivity contribution in [3.8, 4) is 17.4 Å². The van der Waals surface area contributed by atoms with Crippen molar-refractivity contribution in [2.24, 2.45) is 0 Å². The number of ether oxygens (including phenoxy) is 2. The lowest BCUT2D eigenvalue weighted by atomic mass is 10.1. The van der Waals surface area contributed by atoms with Gasteiger partial charge >= 0.3 is 12.2 Å². The molecule has 0 fully saturated rings. The van der Waals surface area contributed by atoms with Crippen molar-refractivity contribution >= 4 is 5.65 Å². The molecule has 8 nitrogen and oxygen atoms in total. The van der Waals surface area contributed by atoms with E-state index in [0.29, 0.717) is 29.2 Å². The topological polar surface area (TPSA) is 79.4 Å². The molecule has 0 aliphatic rings. The monoisotopic (exact) mass is 432 g/mol. The minimum absolute atomic E-state index is 0.264. The van der Waals surface area contributed by atoms with E-state index in [1.807, 2.05) is 35.9 Å². The fourth-order valence-electron chi connectivity index (χ4n) is 3.11. The fraction of sp³-hybridized carbons (Fsp3) is 0.300. The van der Waals surface area contributed by atoms with Crippen molar-refractivity contribution in [1.29, 1.82) is 0 Å². The first-order chi connectivity index (χ1) is 14.7. The highest BCUT2D eigenvalue weighted by Gasteiger charge is 2.29. The fourth-order valence-corrected chi connectivity index (χ4v) is 3.11. The standard InChI is InChI=1S/C20H19F3N6O2/c1-12-8-24-19(31-10-20(21,22)23)29-18(12)26-17(27-29)7-14-4-5-15(16(6-14)30-3)28-9-13(2)25-11-28/h4-6,8-9,11H,7,10H2,1-3H3. The highest BCUT2D eigenvalue weighted by molar-refractivity contribution is 5.50. The minimum Gasteiger partial charge on any atom is -0.495 e. The normalized spacial score (nSPS) is 11.8. The molecule has 0 aliphatic carbocycles. The third kappa shape index (κ3) is 4.44. The molecule has 0 unspecified atom stereocenters. The van der Waals surface area contributed by atoms with Crippen molar-refractivity contribution in [3.05, 3.63) is 59.6 Å². The molecule has 0 aliphatic heterocycles. The average Bonchev–Trinajstić information content (AvgIpc) is 3.33. The second kappa shape index (κ2) is 7.89. The van der Waals surface area contributed by atoms with Crippen LogP contribution in [0.5, 0.6) is 11.8 Å². The van der Waals surface area contributed by atoms with Crippen molar-refractivity contribution in [2.75, 3.05) is 13.7 Å². The van der Waals surface area contributed by atoms with Crippen LogP contribution in [0.3, 0.4) is 0 Å². The molecule has 11 heteroatoms. The van der Waals surface area contributed by atoms with E-state index < -0.39 is 12.8 Å². The highest BCUT2D eigenvalue weighted by Crippen LogP contribution is 2.26. The number of methoxy groups -OCH3 is 1. The molecule has 0 bridgehead atoms. The first kappa shape index (κ1) is 20.6. The molecule has 0 N–H and O–H groups in total. The summed E-state index contributed by atoms with van der Waals surface area (Å²) in [6.07, 6.45) is 0.868. The van der Waals surface area contributed by atoms with Crippen LogP contribution in [0.15, 0.2) is 36.9 Å². The van der Waals surface area contributed by atoms with Gasteiger partial charge in [-0.25, -0.2) is 15.0 Å². The zero-order valence-corrected chi connectivity index (χ0v) is 17.0. The average molecular weight is 432 g/mol. The molecule has 0 saturated heterocycles. The number of halogens is 3. The summed E-state index contributed by atoms with van der Waals surface area (Å²) >= 11 is 0. The number of rotatable bonds is 6. The molecule has 31 heavy (non-hydrogen) atoms. The minimum atomic E-state index is -4.48. The Morgan fingerprint density at radius 2 is 1.94 bits per heavy atom. The van der Waals surface area contributed by atoms with Crippen LogP contribution < -0.4 is 9.47 Å². The predicted molar refractivity (Wildman–Crippen MR) is 105 cm³/mol. The molecule has 3 aromatic heterocycles. The number of nitrogens with zero attached hydrogens (tertiary/aromatic N) is 6. The largest absolute Gasteiger partial charge is 0.495 e. The van der Waals surface area contributed by atoms with Crippen LogP contribution in [-0.4, -0.2) is 49.0 Å². The number of imidazole rings is 1. The maximum Gasteiger partial charge on any atom is 0.422 e. The van der Waals surface area contributed by atoms with E-state index >= 15 is 0 Å². The Morgan fingerprint density at radius 1 is 1.13 bits per heavy atom. The number of alkyl halides is 3. The second-order valence-corrected chi connectivity index (χ2v) is 7.00. The lowest BCUT2D eigenvalue weighted by molar-refractivity contribution is -0.155. The number of fused-ring (bicyclic) bond motifs is 1. The van der Waals surface area contributed by atoms with Crippen LogP contribution in [0.25, 0.3) is 11.3 Å². The van der Waals surface area contributed by atoms with Gasteiger partial charge in [0.15, 0.2) is 18.1 Å². The van der Waals surface area contributed by atoms with Gasteiger partial charge in [0.1, 0.15) is 5.75 Å². The van der Waals surface area contributed by atoms with Crippen molar-refractivity contribution in [2.45, 2.75) is 26.4 Å². The summed E-state index contributed by atoms with van der Waals surface area (Å²) in [4.78, 5) is 12.6. The summed E-state index contributed by atoms with van der Waals surface area (Å²) in [7, 11) is 1.58. The van der Waals surface area contributed by atoms with Gasteiger partial charge in [-0.2, -0.15) is 17.7 Å². The van der Waals surface area contributed by atoms with Gasteiger partial charge < -0.3 is 14.0 Å². The number of hydrogen-bond acceptors (Lipinski definition) is 6. The molecule has 4 rings (SSSR count). The Hall–Kier alpha value is -3.63. The maximum atomic E-state index is 12.5. The molecule has 0 radical (unpaired) electrons. The lowest BCUT2D eigenvalue weighted by Gasteiger charge is -2.10. The van der Waals surface area contributed by atoms with E-state index in [-0.39, 0.29) is 6.01 Å². The van der Waals surface area contributed by atoms with Gasteiger partial charge in [-0.15, -0.1) is 5.10 Å². The molecule has 3 heterocycles. The van der Waals surface area contributed by atoms with Crippen LogP contribution in [0.1, 0.15) is 22.6 Å². The zero-order chi connectivity index (χ0) is 22.2. The van der Waals surface area contributed by atoms with Crippen molar-refractivity contribution in [3.63, 3.8) is 0 Å². The van der Waals surface area contributed by atoms with E-state index in [1.165, 1.54) is 10.7 Å². The summed E-state index contributed by atoms with van der Waals surface area (Å²) in [5.41, 5.74) is 3.64. The maximum absolute atomic E-state index is 12.5. The Labute approximate surface area is 175 Å². The molecule has 0 saturated carbocycles. The number of aromatic nitrogens is 6. The molecule has 0 amide bonds. The van der Waals surface area contributed by atoms with Gasteiger partial charge in [0.2, 0.25) is 0 Å². The number of benzene rings is 1.